The fourth-order valence-corrected chi connectivity index (χ4v) is 22.6. The predicted molar refractivity (Wildman–Crippen MR) is 481 cm³/mol. The molecule has 39 heteroatoms. The number of carbonyl (C=O) groups excluding carboxylic acids is 9. The number of methoxy groups -OCH3 is 3. The fraction of sp³-hybridized carbons (Fsp3) is 0.670. The van der Waals surface area contributed by atoms with Crippen LogP contribution in [0, 0.1) is 99.1 Å². The van der Waals surface area contributed by atoms with Gasteiger partial charge < -0.3 is 87.7 Å². The summed E-state index contributed by atoms with van der Waals surface area (Å²) in [7, 11) is 4.49. The summed E-state index contributed by atoms with van der Waals surface area (Å²) in [6, 6.07) is 8.35. The summed E-state index contributed by atoms with van der Waals surface area (Å²) < 4.78 is 151. The van der Waals surface area contributed by atoms with Crippen molar-refractivity contribution in [3.63, 3.8) is 0 Å². The molecular weight excluding hydrogens is 1920 g/mol. The Hall–Kier alpha value is -8.96. The van der Waals surface area contributed by atoms with E-state index in [9.17, 15) is 43.2 Å². The third kappa shape index (κ3) is 21.3. The van der Waals surface area contributed by atoms with Crippen molar-refractivity contribution in [1.29, 1.82) is 0 Å². The van der Waals surface area contributed by atoms with Crippen molar-refractivity contribution in [1.82, 2.24) is 60.6 Å². The first-order chi connectivity index (χ1) is 64.3. The van der Waals surface area contributed by atoms with Gasteiger partial charge in [-0.25, -0.2) is 63.1 Å². The van der Waals surface area contributed by atoms with Crippen LogP contribution in [0.3, 0.4) is 0 Å². The number of ether oxygens (including phenoxy) is 9. The molecule has 7 aliphatic carbocycles. The van der Waals surface area contributed by atoms with E-state index < -0.39 is 183 Å². The van der Waals surface area contributed by atoms with Gasteiger partial charge in [-0.15, -0.1) is 0 Å². The maximum Gasteiger partial charge on any atom is 0.408 e. The molecule has 19 rings (SSSR count). The predicted octanol–water partition coefficient (Wildman–Crippen LogP) is 15.4. The number of benzene rings is 3. The Bertz CT molecular complexity index is 5520. The number of alkyl carbamates (subject to hydrolysis) is 3. The smallest absolute Gasteiger partial charge is 0.408 e. The van der Waals surface area contributed by atoms with Crippen LogP contribution in [0.15, 0.2) is 54.6 Å². The van der Waals surface area contributed by atoms with Crippen LogP contribution in [0.1, 0.15) is 210 Å². The Labute approximate surface area is 840 Å². The fourth-order valence-electron chi connectivity index (χ4n) is 22.6. The zero-order valence-electron chi connectivity index (χ0n) is 81.0. The number of rotatable bonds is 7. The van der Waals surface area contributed by atoms with Gasteiger partial charge in [0.15, 0.2) is 17.1 Å². The van der Waals surface area contributed by atoms with Crippen molar-refractivity contribution < 1.29 is 168 Å². The zero-order valence-corrected chi connectivity index (χ0v) is 85.2. The van der Waals surface area contributed by atoms with Crippen molar-refractivity contribution in [3.05, 3.63) is 71.7 Å². The summed E-state index contributed by atoms with van der Waals surface area (Å²) in [5.74, 6) is -15.2. The molecule has 9 heterocycles. The van der Waals surface area contributed by atoms with Crippen LogP contribution in [0.4, 0.5) is 40.7 Å². The Morgan fingerprint density at radius 3 is 1.17 bits per heavy atom. The Morgan fingerprint density at radius 2 is 0.777 bits per heavy atom. The maximum atomic E-state index is 16.5. The average Bonchev–Trinajstić information content (AvgIpc) is 1.63. The second kappa shape index (κ2) is 40.3. The molecular formula is C100H123F6N12O18V3-3. The molecule has 26 atom stereocenters. The van der Waals surface area contributed by atoms with E-state index in [1.54, 1.807) is 68.4 Å². The largest absolute Gasteiger partial charge is 0.540 e. The van der Waals surface area contributed by atoms with E-state index in [0.717, 1.165) is 25.7 Å². The summed E-state index contributed by atoms with van der Waals surface area (Å²) in [6.45, 7) is 23.2. The SMILES string of the molecule is CC[C@@H]1[C@@H]2CN(C(=O)[C@H](C(C)(C)C)NC(=O)O[C@@H]3C[C@H]3CCC3CC3C(F)(F)c3nc4ccc(OC)cc4nc3O2)[C@@H]1[C-]=O.COc1ccc2nc3c(nc2c1)O[C@H]1CN(C(=O)[C@H](C(C)(C)C)NC(=O)O[C@@H]2CC4CC4[C@H]2CCC2CC2C3(F)F)[C@H]([C-]=O)[C@@H]1C.COc1ccc2nc3c(nc2c1)O[C@H]1CN(C(=O)[C@H](C(C)(C)C)NC(=O)O[C@]2(C)CCC[C@H]2CCC2CC2C3(F)F)[C@H]([C-]=O)[C@@H]1C.[V].[V].[V]. The van der Waals surface area contributed by atoms with Crippen LogP contribution in [0.25, 0.3) is 33.1 Å². The van der Waals surface area contributed by atoms with Gasteiger partial charge in [0.2, 0.25) is 35.4 Å². The molecule has 3 N–H and O–H groups in total. The third-order valence-corrected chi connectivity index (χ3v) is 31.4. The monoisotopic (exact) mass is 2050 g/mol. The van der Waals surface area contributed by atoms with Crippen molar-refractivity contribution >= 4 is 88.0 Å². The quantitative estimate of drug-likeness (QED) is 0.0759. The standard InChI is InChI=1S/C34H41F2N4O6.C34H43F2N4O6.C32H39F2N4O6.3V/c1-16-25(15-41)40-14-27(16)45-30-28(37-23-9-7-19(44-5)13-24(23)38-30)34(35,36)22-11-17(22)6-8-20-21-10-18(21)12-26(20)46-32(43)39-29(31(40)42)33(2,3)4;1-18-25(17-41)40-16-26(18)45-29-27(37-23-12-11-21(44-6)15-24(23)38-29)34(35,36)22-14-19(22)9-10-20-8-7-13-33(20,5)46-31(43)39-28(30(40)42)32(2,3)4;1-6-19-23(15-39)38-14-25(19)43-28-26(35-21-10-9-18(42-5)13-22(21)36-28)32(33,34)20-11-16(20)7-8-17-12-24(17)44-30(41)37-27(29(38)40)31(2,3)4;;;/h7,9,13,16-18,20-22,25-27,29H,6,8,10-12,14H2,1-5H3,(H,39,43);11-12,15,18-20,22,25-26,28H,7-10,13-14,16H2,1-6H3,(H,39,43);9-10,13,16-17,19-20,23-25,27H,6-8,11-12,14H2,1-5H3,(H,37,41);;;/q3*-1;;;/t16-,17?,18?,20+,21?,22?,25+,26+,27-,29+;18-,19?,20-,22?,25+,26-,28+,33+;16?,17-,19+,20?,23-,24-,25+,27-;;;/m001.../s1. The number of carbonyl (C=O) groups is 6. The number of aromatic nitrogens is 6. The van der Waals surface area contributed by atoms with Gasteiger partial charge in [0.05, 0.1) is 74.1 Å². The molecule has 13 aliphatic rings. The molecule has 751 valence electrons. The normalized spacial score (nSPS) is 34.2. The molecule has 3 aromatic heterocycles. The maximum absolute atomic E-state index is 16.5. The number of nitrogens with zero attached hydrogens (tertiary/aromatic N) is 9. The first kappa shape index (κ1) is 106. The first-order valence-electron chi connectivity index (χ1n) is 48.0. The molecule has 8 unspecified atom stereocenters. The molecule has 30 nitrogen and oxygen atoms in total. The van der Waals surface area contributed by atoms with Crippen molar-refractivity contribution in [3.8, 4) is 34.9 Å². The third-order valence-electron chi connectivity index (χ3n) is 31.4. The van der Waals surface area contributed by atoms with Crippen LogP contribution in [0.5, 0.6) is 34.9 Å². The molecule has 6 bridgehead atoms. The number of hydrogen-bond acceptors (Lipinski definition) is 24. The van der Waals surface area contributed by atoms with Crippen molar-refractivity contribution in [2.75, 3.05) is 41.0 Å². The van der Waals surface area contributed by atoms with Gasteiger partial charge in [0, 0.05) is 91.6 Å². The van der Waals surface area contributed by atoms with Gasteiger partial charge in [-0.3, -0.25) is 14.4 Å². The Kier molecular flexibility index (Phi) is 30.7. The molecule has 3 radical (unpaired) electrons. The number of fused-ring (bicyclic) bond motifs is 20. The summed E-state index contributed by atoms with van der Waals surface area (Å²) in [5, 5.41) is 8.37. The van der Waals surface area contributed by atoms with Gasteiger partial charge in [0.25, 0.3) is 17.8 Å². The van der Waals surface area contributed by atoms with Crippen LogP contribution in [0.2, 0.25) is 0 Å². The minimum atomic E-state index is -3.34. The number of halogens is 6. The molecule has 6 amide bonds. The van der Waals surface area contributed by atoms with E-state index in [-0.39, 0.29) is 157 Å². The average molecular weight is 2050 g/mol. The molecule has 139 heavy (non-hydrogen) atoms. The summed E-state index contributed by atoms with van der Waals surface area (Å²) >= 11 is 0. The molecule has 6 aromatic rings. The van der Waals surface area contributed by atoms with Crippen LogP contribution < -0.4 is 44.4 Å². The Morgan fingerprint density at radius 1 is 0.417 bits per heavy atom. The summed E-state index contributed by atoms with van der Waals surface area (Å²) in [4.78, 5) is 149. The first-order valence-corrected chi connectivity index (χ1v) is 48.0. The van der Waals surface area contributed by atoms with Gasteiger partial charge in [-0.1, -0.05) is 108 Å². The summed E-state index contributed by atoms with van der Waals surface area (Å²) in [5.41, 5.74) is -2.82. The molecule has 10 fully saturated rings. The second-order valence-electron chi connectivity index (χ2n) is 43.6. The van der Waals surface area contributed by atoms with E-state index >= 15 is 26.3 Å². The van der Waals surface area contributed by atoms with E-state index in [1.807, 2.05) is 95.0 Å². The van der Waals surface area contributed by atoms with Gasteiger partial charge in [-0.05, 0) is 221 Å². The van der Waals surface area contributed by atoms with E-state index in [0.29, 0.717) is 123 Å². The number of hydrogen-bond donors (Lipinski definition) is 3. The van der Waals surface area contributed by atoms with Crippen molar-refractivity contribution in [2.45, 2.75) is 283 Å². The molecule has 7 saturated carbocycles. The second-order valence-corrected chi connectivity index (χ2v) is 43.6. The molecule has 3 aromatic carbocycles. The minimum absolute atomic E-state index is 0. The van der Waals surface area contributed by atoms with Crippen LogP contribution in [-0.2, 0) is 116 Å². The van der Waals surface area contributed by atoms with Gasteiger partial charge >= 0.3 is 18.3 Å². The zero-order chi connectivity index (χ0) is 97.4. The Balaban J connectivity index is 0.000000164. The molecule has 0 spiro atoms. The van der Waals surface area contributed by atoms with Gasteiger partial charge in [0.1, 0.15) is 71.5 Å². The minimum Gasteiger partial charge on any atom is -0.540 e. The van der Waals surface area contributed by atoms with Gasteiger partial charge in [-0.2, -0.15) is 26.3 Å². The number of amides is 6. The van der Waals surface area contributed by atoms with E-state index in [1.165, 1.54) is 36.0 Å². The molecule has 3 saturated heterocycles. The van der Waals surface area contributed by atoms with Crippen molar-refractivity contribution in [2.24, 2.45) is 99.1 Å². The number of alkyl halides is 6. The van der Waals surface area contributed by atoms with Crippen LogP contribution >= 0.6 is 0 Å². The van der Waals surface area contributed by atoms with E-state index in [4.69, 9.17) is 42.6 Å². The number of nitrogens with one attached hydrogen (secondary N) is 3. The van der Waals surface area contributed by atoms with E-state index in [2.05, 4.69) is 45.9 Å². The molecule has 6 aliphatic heterocycles. The van der Waals surface area contributed by atoms with Crippen LogP contribution in [-0.4, -0.2) is 213 Å². The topological polar surface area (TPSA) is 360 Å². The summed E-state index contributed by atoms with van der Waals surface area (Å²) in [6.07, 6.45) is 10.5.